The maximum atomic E-state index is 12.6. The Morgan fingerprint density at radius 1 is 1.16 bits per heavy atom. The van der Waals surface area contributed by atoms with Crippen LogP contribution in [-0.2, 0) is 3.07 Å². The highest BCUT2D eigenvalue weighted by atomic mass is 127. The van der Waals surface area contributed by atoms with E-state index in [-0.39, 0.29) is 22.7 Å². The summed E-state index contributed by atoms with van der Waals surface area (Å²) in [6.07, 6.45) is 0. The van der Waals surface area contributed by atoms with Crippen LogP contribution >= 0.6 is 23.0 Å². The topological polar surface area (TPSA) is 26.3 Å². The van der Waals surface area contributed by atoms with Gasteiger partial charge in [0.25, 0.3) is 0 Å². The normalized spacial score (nSPS) is 14.3. The van der Waals surface area contributed by atoms with E-state index in [0.717, 1.165) is 11.1 Å². The summed E-state index contributed by atoms with van der Waals surface area (Å²) in [5.74, 6) is 0.325. The minimum Gasteiger partial charge on any atom is -0.309 e. The molecule has 1 atom stereocenters. The average molecular weight is 374 g/mol. The molecule has 0 saturated carbocycles. The summed E-state index contributed by atoms with van der Waals surface area (Å²) in [7, 11) is 0. The third-order valence-corrected chi connectivity index (χ3v) is 4.73. The van der Waals surface area contributed by atoms with Crippen molar-refractivity contribution in [1.29, 1.82) is 0 Å². The van der Waals surface area contributed by atoms with E-state index < -0.39 is 0 Å². The largest absolute Gasteiger partial charge is 0.309 e. The average Bonchev–Trinajstić information content (AvgIpc) is 2.35. The first-order valence-electron chi connectivity index (χ1n) is 6.54. The Morgan fingerprint density at radius 2 is 1.68 bits per heavy atom. The summed E-state index contributed by atoms with van der Waals surface area (Å²) < 4.78 is 5.53. The van der Waals surface area contributed by atoms with Crippen molar-refractivity contribution in [2.75, 3.05) is 0 Å². The summed E-state index contributed by atoms with van der Waals surface area (Å²) in [5.41, 5.74) is 1.19. The van der Waals surface area contributed by atoms with Crippen LogP contribution < -0.4 is 0 Å². The number of carbonyl (C=O) groups excluding carboxylic acids is 1. The van der Waals surface area contributed by atoms with Gasteiger partial charge in [0.15, 0.2) is 5.78 Å². The predicted molar refractivity (Wildman–Crippen MR) is 87.8 cm³/mol. The lowest BCUT2D eigenvalue weighted by Crippen LogP contribution is -2.30. The molecular formula is C16H23IO2. The maximum absolute atomic E-state index is 12.6. The molecule has 2 nitrogen and oxygen atoms in total. The van der Waals surface area contributed by atoms with Crippen molar-refractivity contribution < 1.29 is 7.86 Å². The Hall–Kier alpha value is -0.420. The summed E-state index contributed by atoms with van der Waals surface area (Å²) in [6.45, 7) is 12.1. The van der Waals surface area contributed by atoms with E-state index in [2.05, 4.69) is 6.92 Å². The van der Waals surface area contributed by atoms with Crippen LogP contribution in [0.3, 0.4) is 0 Å². The second-order valence-corrected chi connectivity index (χ2v) is 7.01. The number of hydrogen-bond acceptors (Lipinski definition) is 2. The lowest BCUT2D eigenvalue weighted by atomic mass is 9.78. The SMILES string of the molecule is CC(c1ccccc1C(=O)C(C)(C)C)C(C)(C)OI. The van der Waals surface area contributed by atoms with Crippen LogP contribution in [0.1, 0.15) is 63.4 Å². The molecule has 1 rings (SSSR count). The zero-order chi connectivity index (χ0) is 14.8. The molecule has 0 bridgehead atoms. The van der Waals surface area contributed by atoms with Crippen molar-refractivity contribution in [3.05, 3.63) is 35.4 Å². The predicted octanol–water partition coefficient (Wildman–Crippen LogP) is 5.16. The third-order valence-electron chi connectivity index (χ3n) is 3.59. The van der Waals surface area contributed by atoms with Crippen LogP contribution in [0, 0.1) is 5.41 Å². The number of ketones is 1. The molecule has 0 aliphatic rings. The summed E-state index contributed by atoms with van der Waals surface area (Å²) in [5, 5.41) is 0. The molecule has 1 aromatic carbocycles. The Balaban J connectivity index is 3.28. The lowest BCUT2D eigenvalue weighted by Gasteiger charge is -2.31. The number of benzene rings is 1. The molecule has 0 radical (unpaired) electrons. The number of carbonyl (C=O) groups is 1. The molecule has 19 heavy (non-hydrogen) atoms. The van der Waals surface area contributed by atoms with Gasteiger partial charge in [-0.05, 0) is 19.4 Å². The van der Waals surface area contributed by atoms with E-state index in [1.807, 2.05) is 81.9 Å². The minimum atomic E-state index is -0.370. The zero-order valence-corrected chi connectivity index (χ0v) is 14.7. The lowest BCUT2D eigenvalue weighted by molar-refractivity contribution is 0.0853. The van der Waals surface area contributed by atoms with E-state index in [1.54, 1.807) is 0 Å². The van der Waals surface area contributed by atoms with Crippen LogP contribution in [-0.4, -0.2) is 11.4 Å². The fourth-order valence-electron chi connectivity index (χ4n) is 1.93. The second kappa shape index (κ2) is 5.92. The standard InChI is InChI=1S/C16H23IO2/c1-11(16(5,6)19-17)12-9-7-8-10-13(12)14(18)15(2,3)4/h7-11H,1-6H3. The Labute approximate surface area is 130 Å². The number of halogens is 1. The van der Waals surface area contributed by atoms with Gasteiger partial charge in [-0.2, -0.15) is 0 Å². The van der Waals surface area contributed by atoms with Crippen LogP contribution in [0.25, 0.3) is 0 Å². The van der Waals surface area contributed by atoms with Crippen LogP contribution in [0.15, 0.2) is 24.3 Å². The van der Waals surface area contributed by atoms with Crippen molar-refractivity contribution in [3.63, 3.8) is 0 Å². The molecule has 1 aromatic rings. The van der Waals surface area contributed by atoms with Crippen molar-refractivity contribution in [2.24, 2.45) is 5.41 Å². The van der Waals surface area contributed by atoms with Gasteiger partial charge in [-0.1, -0.05) is 52.0 Å². The van der Waals surface area contributed by atoms with E-state index >= 15 is 0 Å². The van der Waals surface area contributed by atoms with Gasteiger partial charge in [0.1, 0.15) is 23.0 Å². The van der Waals surface area contributed by atoms with Crippen LogP contribution in [0.5, 0.6) is 0 Å². The van der Waals surface area contributed by atoms with Gasteiger partial charge in [0, 0.05) is 16.9 Å². The second-order valence-electron chi connectivity index (χ2n) is 6.57. The van der Waals surface area contributed by atoms with Gasteiger partial charge in [0.05, 0.1) is 5.60 Å². The Kier molecular flexibility index (Phi) is 5.18. The van der Waals surface area contributed by atoms with Crippen molar-refractivity contribution >= 4 is 28.8 Å². The highest BCUT2D eigenvalue weighted by Gasteiger charge is 2.32. The molecule has 1 unspecified atom stereocenters. The molecule has 0 spiro atoms. The smallest absolute Gasteiger partial charge is 0.168 e. The summed E-state index contributed by atoms with van der Waals surface area (Å²) in [6, 6.07) is 7.85. The van der Waals surface area contributed by atoms with E-state index in [1.165, 1.54) is 0 Å². The molecule has 0 saturated heterocycles. The summed E-state index contributed by atoms with van der Waals surface area (Å²) >= 11 is 1.93. The first-order valence-corrected chi connectivity index (χ1v) is 7.43. The highest BCUT2D eigenvalue weighted by molar-refractivity contribution is 14.1. The van der Waals surface area contributed by atoms with Gasteiger partial charge in [-0.25, -0.2) is 0 Å². The fourth-order valence-corrected chi connectivity index (χ4v) is 2.31. The van der Waals surface area contributed by atoms with Gasteiger partial charge >= 0.3 is 0 Å². The van der Waals surface area contributed by atoms with Gasteiger partial charge in [-0.3, -0.25) is 4.79 Å². The fraction of sp³-hybridized carbons (Fsp3) is 0.562. The van der Waals surface area contributed by atoms with Crippen molar-refractivity contribution in [1.82, 2.24) is 0 Å². The maximum Gasteiger partial charge on any atom is 0.168 e. The first kappa shape index (κ1) is 16.6. The third kappa shape index (κ3) is 3.78. The number of rotatable bonds is 4. The minimum absolute atomic E-state index is 0.145. The van der Waals surface area contributed by atoms with Gasteiger partial charge < -0.3 is 3.07 Å². The number of Topliss-reactive ketones (excluding diaryl/α,β-unsaturated/α-hetero) is 1. The molecule has 3 heteroatoms. The van der Waals surface area contributed by atoms with Crippen molar-refractivity contribution in [2.45, 2.75) is 53.1 Å². The molecule has 0 aromatic heterocycles. The molecule has 0 aliphatic heterocycles. The Bertz CT molecular complexity index is 458. The van der Waals surface area contributed by atoms with Gasteiger partial charge in [0.2, 0.25) is 0 Å². The van der Waals surface area contributed by atoms with Gasteiger partial charge in [-0.15, -0.1) is 0 Å². The molecule has 0 N–H and O–H groups in total. The quantitative estimate of drug-likeness (QED) is 0.537. The monoisotopic (exact) mass is 374 g/mol. The molecule has 106 valence electrons. The first-order chi connectivity index (χ1) is 8.61. The molecule has 0 amide bonds. The molecule has 0 fully saturated rings. The zero-order valence-electron chi connectivity index (χ0n) is 12.6. The van der Waals surface area contributed by atoms with E-state index in [0.29, 0.717) is 0 Å². The number of hydrogen-bond donors (Lipinski definition) is 0. The Morgan fingerprint density at radius 3 is 2.16 bits per heavy atom. The van der Waals surface area contributed by atoms with E-state index in [4.69, 9.17) is 3.07 Å². The van der Waals surface area contributed by atoms with Crippen LogP contribution in [0.4, 0.5) is 0 Å². The summed E-state index contributed by atoms with van der Waals surface area (Å²) in [4.78, 5) is 12.6. The van der Waals surface area contributed by atoms with Crippen molar-refractivity contribution in [3.8, 4) is 0 Å². The molecular weight excluding hydrogens is 351 g/mol. The van der Waals surface area contributed by atoms with E-state index in [9.17, 15) is 4.79 Å². The van der Waals surface area contributed by atoms with Crippen LogP contribution in [0.2, 0.25) is 0 Å². The molecule has 0 heterocycles. The highest BCUT2D eigenvalue weighted by Crippen LogP contribution is 2.36. The molecule has 0 aliphatic carbocycles.